The Bertz CT molecular complexity index is 603. The number of aromatic nitrogens is 1. The molecule has 0 atom stereocenters. The van der Waals surface area contributed by atoms with Crippen LogP contribution in [0, 0.1) is 4.51 Å². The highest BCUT2D eigenvalue weighted by molar-refractivity contribution is 7.71. The Morgan fingerprint density at radius 3 is 2.67 bits per heavy atom. The van der Waals surface area contributed by atoms with Crippen LogP contribution in [0.25, 0.3) is 10.9 Å². The number of carboxylic acids is 1. The zero-order valence-corrected chi connectivity index (χ0v) is 8.36. The molecule has 0 saturated heterocycles. The van der Waals surface area contributed by atoms with E-state index in [1.807, 2.05) is 0 Å². The van der Waals surface area contributed by atoms with Gasteiger partial charge in [-0.15, -0.1) is 0 Å². The van der Waals surface area contributed by atoms with Gasteiger partial charge in [0.1, 0.15) is 0 Å². The fraction of sp³-hybridized carbons (Fsp3) is 0. The Morgan fingerprint density at radius 2 is 2.00 bits per heavy atom. The van der Waals surface area contributed by atoms with Gasteiger partial charge in [-0.05, 0) is 6.07 Å². The van der Waals surface area contributed by atoms with Gasteiger partial charge in [0.25, 0.3) is 0 Å². The molecule has 0 fully saturated rings. The number of rotatable bonds is 1. The number of pyridine rings is 1. The van der Waals surface area contributed by atoms with Crippen molar-refractivity contribution in [2.75, 3.05) is 0 Å². The molecule has 0 spiro atoms. The number of para-hydroxylation sites is 1. The molecule has 0 unspecified atom stereocenters. The minimum absolute atomic E-state index is 0.0776. The average molecular weight is 221 g/mol. The van der Waals surface area contributed by atoms with Gasteiger partial charge in [0.15, 0.2) is 0 Å². The summed E-state index contributed by atoms with van der Waals surface area (Å²) in [7, 11) is 0. The van der Waals surface area contributed by atoms with Gasteiger partial charge in [-0.3, -0.25) is 0 Å². The van der Waals surface area contributed by atoms with E-state index in [-0.39, 0.29) is 10.1 Å². The average Bonchev–Trinajstić information content (AvgIpc) is 2.23. The van der Waals surface area contributed by atoms with Crippen LogP contribution in [0.2, 0.25) is 0 Å². The predicted octanol–water partition coefficient (Wildman–Crippen LogP) is 2.31. The minimum Gasteiger partial charge on any atom is -0.478 e. The summed E-state index contributed by atoms with van der Waals surface area (Å²) in [5, 5.41) is 18.9. The Morgan fingerprint density at radius 1 is 1.33 bits per heavy atom. The number of hydrogen-bond donors (Lipinski definition) is 2. The van der Waals surface area contributed by atoms with Gasteiger partial charge in [0, 0.05) is 5.39 Å². The van der Waals surface area contributed by atoms with Crippen LogP contribution in [0.3, 0.4) is 0 Å². The van der Waals surface area contributed by atoms with Crippen LogP contribution in [-0.2, 0) is 0 Å². The third-order valence-electron chi connectivity index (χ3n) is 2.12. The second-order valence-electron chi connectivity index (χ2n) is 3.04. The van der Waals surface area contributed by atoms with Gasteiger partial charge in [-0.1, -0.05) is 30.4 Å². The molecule has 5 heteroatoms. The summed E-state index contributed by atoms with van der Waals surface area (Å²) >= 11 is 5.02. The lowest BCUT2D eigenvalue weighted by Gasteiger charge is -2.05. The van der Waals surface area contributed by atoms with E-state index in [0.717, 1.165) is 10.9 Å². The molecule has 76 valence electrons. The van der Waals surface area contributed by atoms with E-state index >= 15 is 0 Å². The van der Waals surface area contributed by atoms with E-state index in [2.05, 4.69) is 0 Å². The molecular formula is C10H7NO3S. The van der Waals surface area contributed by atoms with E-state index in [0.29, 0.717) is 10.9 Å². The summed E-state index contributed by atoms with van der Waals surface area (Å²) in [6.45, 7) is 0. The number of benzene rings is 1. The molecule has 0 aliphatic heterocycles. The zero-order valence-electron chi connectivity index (χ0n) is 7.54. The lowest BCUT2D eigenvalue weighted by Crippen LogP contribution is -2.04. The van der Waals surface area contributed by atoms with Crippen LogP contribution in [0.1, 0.15) is 10.4 Å². The quantitative estimate of drug-likeness (QED) is 0.573. The second kappa shape index (κ2) is 3.36. The van der Waals surface area contributed by atoms with Crippen molar-refractivity contribution in [1.29, 1.82) is 0 Å². The number of hydrogen-bond acceptors (Lipinski definition) is 3. The lowest BCUT2D eigenvalue weighted by molar-refractivity contribution is 0.0692. The molecule has 15 heavy (non-hydrogen) atoms. The zero-order chi connectivity index (χ0) is 11.0. The van der Waals surface area contributed by atoms with E-state index in [1.165, 1.54) is 0 Å². The van der Waals surface area contributed by atoms with E-state index < -0.39 is 5.97 Å². The molecule has 1 aromatic heterocycles. The highest BCUT2D eigenvalue weighted by Crippen LogP contribution is 2.17. The molecule has 2 N–H and O–H groups in total. The summed E-state index contributed by atoms with van der Waals surface area (Å²) in [6.07, 6.45) is 1.10. The first-order valence-corrected chi connectivity index (χ1v) is 4.59. The Kier molecular flexibility index (Phi) is 2.17. The van der Waals surface area contributed by atoms with Gasteiger partial charge in [0.2, 0.25) is 0 Å². The maximum atomic E-state index is 10.8. The molecule has 1 aromatic carbocycles. The number of nitrogens with zero attached hydrogens (tertiary/aromatic N) is 1. The normalized spacial score (nSPS) is 10.4. The van der Waals surface area contributed by atoms with Crippen LogP contribution >= 0.6 is 12.2 Å². The van der Waals surface area contributed by atoms with Crippen molar-refractivity contribution in [1.82, 2.24) is 4.73 Å². The first-order chi connectivity index (χ1) is 7.11. The summed E-state index contributed by atoms with van der Waals surface area (Å²) < 4.78 is 1.01. The number of aromatic carboxylic acids is 1. The SMILES string of the molecule is O=C(O)c1cn(O)c2ccccc2c1=S. The molecule has 0 bridgehead atoms. The van der Waals surface area contributed by atoms with Crippen LogP contribution < -0.4 is 0 Å². The van der Waals surface area contributed by atoms with Crippen molar-refractivity contribution >= 4 is 29.1 Å². The summed E-state index contributed by atoms with van der Waals surface area (Å²) in [5.74, 6) is -1.14. The monoisotopic (exact) mass is 221 g/mol. The molecule has 0 aliphatic carbocycles. The first-order valence-electron chi connectivity index (χ1n) is 4.18. The molecular weight excluding hydrogens is 214 g/mol. The van der Waals surface area contributed by atoms with Crippen LogP contribution in [0.5, 0.6) is 0 Å². The topological polar surface area (TPSA) is 62.5 Å². The molecule has 0 radical (unpaired) electrons. The smallest absolute Gasteiger partial charge is 0.338 e. The fourth-order valence-electron chi connectivity index (χ4n) is 1.41. The largest absolute Gasteiger partial charge is 0.478 e. The molecule has 2 aromatic rings. The minimum atomic E-state index is -1.14. The molecule has 1 heterocycles. The third kappa shape index (κ3) is 1.46. The lowest BCUT2D eigenvalue weighted by atomic mass is 10.1. The third-order valence-corrected chi connectivity index (χ3v) is 2.56. The van der Waals surface area contributed by atoms with Crippen LogP contribution in [0.15, 0.2) is 30.5 Å². The predicted molar refractivity (Wildman–Crippen MR) is 56.9 cm³/mol. The van der Waals surface area contributed by atoms with E-state index in [4.69, 9.17) is 17.3 Å². The Balaban J connectivity index is 2.97. The maximum Gasteiger partial charge on any atom is 0.338 e. The Hall–Kier alpha value is -1.88. The fourth-order valence-corrected chi connectivity index (χ4v) is 1.73. The maximum absolute atomic E-state index is 10.8. The molecule has 0 aliphatic rings. The van der Waals surface area contributed by atoms with E-state index in [1.54, 1.807) is 24.3 Å². The molecule has 4 nitrogen and oxygen atoms in total. The second-order valence-corrected chi connectivity index (χ2v) is 3.45. The highest BCUT2D eigenvalue weighted by atomic mass is 32.1. The van der Waals surface area contributed by atoms with Crippen molar-refractivity contribution in [2.24, 2.45) is 0 Å². The number of carbonyl (C=O) groups is 1. The molecule has 0 saturated carbocycles. The summed E-state index contributed by atoms with van der Waals surface area (Å²) in [5.41, 5.74) is 0.415. The van der Waals surface area contributed by atoms with Gasteiger partial charge in [-0.25, -0.2) is 4.79 Å². The number of carboxylic acid groups (broad SMARTS) is 1. The summed E-state index contributed by atoms with van der Waals surface area (Å²) in [4.78, 5) is 10.8. The number of fused-ring (bicyclic) bond motifs is 1. The van der Waals surface area contributed by atoms with Crippen molar-refractivity contribution in [3.63, 3.8) is 0 Å². The standard InChI is InChI=1S/C10H7NO3S/c12-10(13)7-5-11(14)8-4-2-1-3-6(8)9(7)15/h1-5,14H,(H,12,13). The highest BCUT2D eigenvalue weighted by Gasteiger charge is 2.10. The first kappa shape index (κ1) is 9.67. The van der Waals surface area contributed by atoms with Crippen molar-refractivity contribution in [2.45, 2.75) is 0 Å². The van der Waals surface area contributed by atoms with Gasteiger partial charge >= 0.3 is 5.97 Å². The molecule has 2 rings (SSSR count). The van der Waals surface area contributed by atoms with Crippen molar-refractivity contribution < 1.29 is 15.1 Å². The van der Waals surface area contributed by atoms with Crippen molar-refractivity contribution in [3.05, 3.63) is 40.5 Å². The van der Waals surface area contributed by atoms with Gasteiger partial charge in [-0.2, -0.15) is 4.73 Å². The van der Waals surface area contributed by atoms with Crippen LogP contribution in [-0.4, -0.2) is 21.0 Å². The van der Waals surface area contributed by atoms with Crippen molar-refractivity contribution in [3.8, 4) is 0 Å². The van der Waals surface area contributed by atoms with Gasteiger partial charge < -0.3 is 10.3 Å². The van der Waals surface area contributed by atoms with Crippen LogP contribution in [0.4, 0.5) is 0 Å². The molecule has 0 amide bonds. The van der Waals surface area contributed by atoms with Gasteiger partial charge in [0.05, 0.1) is 21.8 Å². The van der Waals surface area contributed by atoms with E-state index in [9.17, 15) is 10.0 Å². The summed E-state index contributed by atoms with van der Waals surface area (Å²) in [6, 6.07) is 6.82. The Labute approximate surface area is 90.0 Å².